The van der Waals surface area contributed by atoms with Crippen LogP contribution in [0.15, 0.2) is 64.1 Å². The maximum absolute atomic E-state index is 13.7. The molecule has 2 aromatic carbocycles. The molecule has 0 atom stereocenters. The van der Waals surface area contributed by atoms with E-state index < -0.39 is 17.3 Å². The van der Waals surface area contributed by atoms with Crippen molar-refractivity contribution in [3.05, 3.63) is 76.7 Å². The predicted octanol–water partition coefficient (Wildman–Crippen LogP) is 2.16. The number of amides is 1. The molecule has 4 rings (SSSR count). The molecule has 0 aliphatic rings. The van der Waals surface area contributed by atoms with Gasteiger partial charge in [-0.25, -0.2) is 9.18 Å². The van der Waals surface area contributed by atoms with E-state index in [0.29, 0.717) is 22.3 Å². The fraction of sp³-hybridized carbons (Fsp3) is 0. The third-order valence-electron chi connectivity index (χ3n) is 3.68. The highest BCUT2D eigenvalue weighted by Crippen LogP contribution is 2.20. The molecule has 26 heavy (non-hydrogen) atoms. The van der Waals surface area contributed by atoms with Gasteiger partial charge in [-0.15, -0.1) is 5.10 Å². The number of nitrogens with zero attached hydrogens (tertiary/aromatic N) is 4. The van der Waals surface area contributed by atoms with Gasteiger partial charge in [-0.1, -0.05) is 0 Å². The smallest absolute Gasteiger partial charge is 0.336 e. The summed E-state index contributed by atoms with van der Waals surface area (Å²) < 4.78 is 20.0. The molecule has 0 radical (unpaired) electrons. The molecule has 1 N–H and O–H groups in total. The Morgan fingerprint density at radius 2 is 2.00 bits per heavy atom. The monoisotopic (exact) mass is 351 g/mol. The van der Waals surface area contributed by atoms with Crippen LogP contribution in [0.5, 0.6) is 0 Å². The highest BCUT2D eigenvalue weighted by molar-refractivity contribution is 6.07. The van der Waals surface area contributed by atoms with Crippen molar-refractivity contribution < 1.29 is 13.6 Å². The van der Waals surface area contributed by atoms with Crippen molar-refractivity contribution in [3.63, 3.8) is 0 Å². The second kappa shape index (κ2) is 6.20. The summed E-state index contributed by atoms with van der Waals surface area (Å²) in [6.07, 6.45) is 1.31. The number of benzene rings is 2. The largest absolute Gasteiger partial charge is 0.423 e. The van der Waals surface area contributed by atoms with Crippen LogP contribution in [0.3, 0.4) is 0 Å². The van der Waals surface area contributed by atoms with E-state index in [1.807, 2.05) is 0 Å². The van der Waals surface area contributed by atoms with Gasteiger partial charge in [-0.3, -0.25) is 4.79 Å². The molecule has 8 nitrogen and oxygen atoms in total. The predicted molar refractivity (Wildman–Crippen MR) is 89.5 cm³/mol. The lowest BCUT2D eigenvalue weighted by Gasteiger charge is -2.10. The SMILES string of the molecule is O=C(Nc1ccc2oc(=O)ccc2c1)c1cc(F)ccc1-n1cnnn1. The van der Waals surface area contributed by atoms with E-state index in [4.69, 9.17) is 4.42 Å². The Labute approximate surface area is 144 Å². The highest BCUT2D eigenvalue weighted by atomic mass is 19.1. The molecule has 9 heteroatoms. The summed E-state index contributed by atoms with van der Waals surface area (Å²) in [5, 5.41) is 14.1. The Kier molecular flexibility index (Phi) is 3.73. The van der Waals surface area contributed by atoms with Gasteiger partial charge in [0.15, 0.2) is 0 Å². The van der Waals surface area contributed by atoms with E-state index in [0.717, 1.165) is 6.07 Å². The normalized spacial score (nSPS) is 10.8. The molecule has 0 aliphatic carbocycles. The summed E-state index contributed by atoms with van der Waals surface area (Å²) >= 11 is 0. The van der Waals surface area contributed by atoms with Gasteiger partial charge in [0.1, 0.15) is 17.7 Å². The van der Waals surface area contributed by atoms with Gasteiger partial charge < -0.3 is 9.73 Å². The van der Waals surface area contributed by atoms with Crippen LogP contribution in [-0.2, 0) is 0 Å². The number of hydrogen-bond acceptors (Lipinski definition) is 6. The van der Waals surface area contributed by atoms with Gasteiger partial charge in [-0.2, -0.15) is 4.68 Å². The van der Waals surface area contributed by atoms with E-state index in [-0.39, 0.29) is 5.56 Å². The van der Waals surface area contributed by atoms with Gasteiger partial charge in [0.25, 0.3) is 5.91 Å². The molecule has 0 saturated heterocycles. The number of halogens is 1. The molecule has 2 heterocycles. The van der Waals surface area contributed by atoms with Crippen molar-refractivity contribution in [2.24, 2.45) is 0 Å². The molecule has 0 saturated carbocycles. The van der Waals surface area contributed by atoms with Crippen LogP contribution >= 0.6 is 0 Å². The maximum Gasteiger partial charge on any atom is 0.336 e. The number of anilines is 1. The van der Waals surface area contributed by atoms with Crippen molar-refractivity contribution in [2.75, 3.05) is 5.32 Å². The zero-order chi connectivity index (χ0) is 18.1. The van der Waals surface area contributed by atoms with Crippen LogP contribution in [0.25, 0.3) is 16.7 Å². The molecule has 0 aliphatic heterocycles. The lowest BCUT2D eigenvalue weighted by atomic mass is 10.1. The van der Waals surface area contributed by atoms with Gasteiger partial charge in [0.05, 0.1) is 11.3 Å². The number of carbonyl (C=O) groups excluding carboxylic acids is 1. The molecule has 0 unspecified atom stereocenters. The van der Waals surface area contributed by atoms with Crippen LogP contribution in [0.1, 0.15) is 10.4 Å². The second-order valence-electron chi connectivity index (χ2n) is 5.38. The lowest BCUT2D eigenvalue weighted by Crippen LogP contribution is -2.16. The minimum Gasteiger partial charge on any atom is -0.423 e. The first-order valence-electron chi connectivity index (χ1n) is 7.48. The number of nitrogens with one attached hydrogen (secondary N) is 1. The van der Waals surface area contributed by atoms with Crippen LogP contribution in [-0.4, -0.2) is 26.1 Å². The van der Waals surface area contributed by atoms with Crippen LogP contribution in [0.4, 0.5) is 10.1 Å². The fourth-order valence-corrected chi connectivity index (χ4v) is 2.51. The lowest BCUT2D eigenvalue weighted by molar-refractivity contribution is 0.102. The van der Waals surface area contributed by atoms with Gasteiger partial charge in [0, 0.05) is 17.1 Å². The molecule has 1 amide bonds. The Hall–Kier alpha value is -3.88. The Bertz CT molecular complexity index is 1170. The van der Waals surface area contributed by atoms with Crippen molar-refractivity contribution in [2.45, 2.75) is 0 Å². The van der Waals surface area contributed by atoms with Crippen LogP contribution in [0, 0.1) is 5.82 Å². The topological polar surface area (TPSA) is 103 Å². The van der Waals surface area contributed by atoms with Crippen molar-refractivity contribution in [1.29, 1.82) is 0 Å². The average molecular weight is 351 g/mol. The minimum absolute atomic E-state index is 0.0667. The highest BCUT2D eigenvalue weighted by Gasteiger charge is 2.15. The summed E-state index contributed by atoms with van der Waals surface area (Å²) in [5.74, 6) is -1.10. The molecular formula is C17H10FN5O3. The van der Waals surface area contributed by atoms with Crippen LogP contribution in [0.2, 0.25) is 0 Å². The van der Waals surface area contributed by atoms with E-state index >= 15 is 0 Å². The number of hydrogen-bond donors (Lipinski definition) is 1. The molecule has 4 aromatic rings. The Balaban J connectivity index is 1.69. The first kappa shape index (κ1) is 15.6. The standard InChI is InChI=1S/C17H10FN5O3/c18-11-2-4-14(23-9-19-21-22-23)13(8-11)17(25)20-12-3-5-15-10(7-12)1-6-16(24)26-15/h1-9H,(H,20,25). The third kappa shape index (κ3) is 2.93. The van der Waals surface area contributed by atoms with Gasteiger partial charge in [0.2, 0.25) is 0 Å². The van der Waals surface area contributed by atoms with E-state index in [1.54, 1.807) is 24.3 Å². The van der Waals surface area contributed by atoms with Gasteiger partial charge >= 0.3 is 5.63 Å². The number of carbonyl (C=O) groups is 1. The minimum atomic E-state index is -0.563. The molecule has 0 bridgehead atoms. The quantitative estimate of drug-likeness (QED) is 0.567. The molecular weight excluding hydrogens is 341 g/mol. The number of tetrazole rings is 1. The number of fused-ring (bicyclic) bond motifs is 1. The summed E-state index contributed by atoms with van der Waals surface area (Å²) in [6, 6.07) is 11.4. The molecule has 128 valence electrons. The van der Waals surface area contributed by atoms with E-state index in [9.17, 15) is 14.0 Å². The fourth-order valence-electron chi connectivity index (χ4n) is 2.51. The first-order valence-corrected chi connectivity index (χ1v) is 7.48. The maximum atomic E-state index is 13.7. The van der Waals surface area contributed by atoms with Crippen LogP contribution < -0.4 is 10.9 Å². The average Bonchev–Trinajstić information content (AvgIpc) is 3.16. The third-order valence-corrected chi connectivity index (χ3v) is 3.68. The van der Waals surface area contributed by atoms with E-state index in [2.05, 4.69) is 20.8 Å². The summed E-state index contributed by atoms with van der Waals surface area (Å²) in [4.78, 5) is 23.9. The Morgan fingerprint density at radius 1 is 1.12 bits per heavy atom. The Morgan fingerprint density at radius 3 is 2.81 bits per heavy atom. The van der Waals surface area contributed by atoms with Crippen molar-refractivity contribution in [1.82, 2.24) is 20.2 Å². The summed E-state index contributed by atoms with van der Waals surface area (Å²) in [6.45, 7) is 0. The number of rotatable bonds is 3. The summed E-state index contributed by atoms with van der Waals surface area (Å²) in [5.41, 5.74) is 0.803. The molecule has 2 aromatic heterocycles. The summed E-state index contributed by atoms with van der Waals surface area (Å²) in [7, 11) is 0. The van der Waals surface area contributed by atoms with E-state index in [1.165, 1.54) is 29.2 Å². The first-order chi connectivity index (χ1) is 12.6. The van der Waals surface area contributed by atoms with Gasteiger partial charge in [-0.05, 0) is 52.9 Å². The second-order valence-corrected chi connectivity index (χ2v) is 5.38. The van der Waals surface area contributed by atoms with Crippen molar-refractivity contribution in [3.8, 4) is 5.69 Å². The zero-order valence-corrected chi connectivity index (χ0v) is 13.1. The van der Waals surface area contributed by atoms with Crippen molar-refractivity contribution >= 4 is 22.6 Å². The number of aromatic nitrogens is 4. The zero-order valence-electron chi connectivity index (χ0n) is 13.1. The molecule has 0 fully saturated rings. The molecule has 0 spiro atoms.